The molecule has 2 N–H and O–H groups in total. The number of aryl methyl sites for hydroxylation is 3. The summed E-state index contributed by atoms with van der Waals surface area (Å²) in [5.74, 6) is 1.05. The number of carbonyl (C=O) groups is 1. The minimum absolute atomic E-state index is 0.00505. The molecule has 6 heteroatoms. The molecule has 1 aliphatic heterocycles. The van der Waals surface area contributed by atoms with E-state index in [1.165, 1.54) is 5.56 Å². The van der Waals surface area contributed by atoms with E-state index in [1.54, 1.807) is 6.26 Å². The topological polar surface area (TPSA) is 74.2 Å². The number of anilines is 1. The number of hydrogen-bond donors (Lipinski definition) is 2. The highest BCUT2D eigenvalue weighted by Gasteiger charge is 2.19. The van der Waals surface area contributed by atoms with Gasteiger partial charge in [-0.3, -0.25) is 14.8 Å². The summed E-state index contributed by atoms with van der Waals surface area (Å²) < 4.78 is 5.47. The van der Waals surface area contributed by atoms with Gasteiger partial charge in [0.1, 0.15) is 5.76 Å². The fourth-order valence-electron chi connectivity index (χ4n) is 2.76. The summed E-state index contributed by atoms with van der Waals surface area (Å²) in [7, 11) is 0. The van der Waals surface area contributed by atoms with Crippen LogP contribution in [0.2, 0.25) is 0 Å². The maximum Gasteiger partial charge on any atom is 0.238 e. The summed E-state index contributed by atoms with van der Waals surface area (Å²) in [4.78, 5) is 14.4. The lowest BCUT2D eigenvalue weighted by molar-refractivity contribution is -0.117. The molecule has 0 spiro atoms. The van der Waals surface area contributed by atoms with Crippen LogP contribution in [0.25, 0.3) is 0 Å². The SMILES string of the molecule is Cc1n[nH]c(C)c1NC(=O)CN1CCCc2occc2C1. The van der Waals surface area contributed by atoms with E-state index in [2.05, 4.69) is 20.4 Å². The fraction of sp³-hybridized carbons (Fsp3) is 0.467. The van der Waals surface area contributed by atoms with E-state index in [1.807, 2.05) is 19.9 Å². The number of hydrogen-bond acceptors (Lipinski definition) is 4. The van der Waals surface area contributed by atoms with Crippen molar-refractivity contribution in [1.29, 1.82) is 0 Å². The smallest absolute Gasteiger partial charge is 0.238 e. The zero-order valence-electron chi connectivity index (χ0n) is 12.4. The molecule has 0 atom stereocenters. The minimum atomic E-state index is -0.00505. The molecular weight excluding hydrogens is 268 g/mol. The summed E-state index contributed by atoms with van der Waals surface area (Å²) >= 11 is 0. The molecule has 3 rings (SSSR count). The number of H-pyrrole nitrogens is 1. The molecule has 2 aromatic rings. The van der Waals surface area contributed by atoms with Crippen LogP contribution in [-0.4, -0.2) is 34.1 Å². The van der Waals surface area contributed by atoms with E-state index in [0.717, 1.165) is 48.8 Å². The number of furan rings is 1. The first-order chi connectivity index (χ1) is 10.1. The second kappa shape index (κ2) is 5.73. The van der Waals surface area contributed by atoms with Crippen LogP contribution in [0.15, 0.2) is 16.7 Å². The average Bonchev–Trinajstić information content (AvgIpc) is 2.95. The Balaban J connectivity index is 1.63. The largest absolute Gasteiger partial charge is 0.469 e. The van der Waals surface area contributed by atoms with Gasteiger partial charge in [-0.25, -0.2) is 0 Å². The minimum Gasteiger partial charge on any atom is -0.469 e. The Morgan fingerprint density at radius 1 is 1.52 bits per heavy atom. The molecule has 21 heavy (non-hydrogen) atoms. The van der Waals surface area contributed by atoms with Crippen molar-refractivity contribution in [3.8, 4) is 0 Å². The molecule has 0 saturated heterocycles. The van der Waals surface area contributed by atoms with E-state index in [9.17, 15) is 4.79 Å². The summed E-state index contributed by atoms with van der Waals surface area (Å²) in [6.07, 6.45) is 3.68. The number of amides is 1. The molecule has 0 aliphatic carbocycles. The van der Waals surface area contributed by atoms with Gasteiger partial charge in [-0.05, 0) is 32.9 Å². The first-order valence-corrected chi connectivity index (χ1v) is 7.22. The molecule has 1 aliphatic rings. The first kappa shape index (κ1) is 13.9. The fourth-order valence-corrected chi connectivity index (χ4v) is 2.76. The maximum absolute atomic E-state index is 12.2. The van der Waals surface area contributed by atoms with Crippen molar-refractivity contribution in [2.45, 2.75) is 33.2 Å². The van der Waals surface area contributed by atoms with E-state index in [-0.39, 0.29) is 5.91 Å². The third kappa shape index (κ3) is 3.00. The highest BCUT2D eigenvalue weighted by atomic mass is 16.3. The van der Waals surface area contributed by atoms with Crippen molar-refractivity contribution in [1.82, 2.24) is 15.1 Å². The van der Waals surface area contributed by atoms with Crippen LogP contribution in [0.1, 0.15) is 29.1 Å². The molecular formula is C15H20N4O2. The second-order valence-electron chi connectivity index (χ2n) is 5.54. The number of rotatable bonds is 3. The van der Waals surface area contributed by atoms with Crippen molar-refractivity contribution >= 4 is 11.6 Å². The Hall–Kier alpha value is -2.08. The summed E-state index contributed by atoms with van der Waals surface area (Å²) in [6, 6.07) is 2.00. The van der Waals surface area contributed by atoms with Gasteiger partial charge in [-0.1, -0.05) is 0 Å². The third-order valence-corrected chi connectivity index (χ3v) is 3.87. The van der Waals surface area contributed by atoms with Crippen LogP contribution in [0.5, 0.6) is 0 Å². The molecule has 112 valence electrons. The Morgan fingerprint density at radius 3 is 3.14 bits per heavy atom. The zero-order valence-corrected chi connectivity index (χ0v) is 12.4. The monoisotopic (exact) mass is 288 g/mol. The van der Waals surface area contributed by atoms with Crippen molar-refractivity contribution in [2.24, 2.45) is 0 Å². The van der Waals surface area contributed by atoms with Gasteiger partial charge in [0.2, 0.25) is 5.91 Å². The first-order valence-electron chi connectivity index (χ1n) is 7.22. The van der Waals surface area contributed by atoms with Crippen LogP contribution in [-0.2, 0) is 17.8 Å². The standard InChI is InChI=1S/C15H20N4O2/c1-10-15(11(2)18-17-10)16-14(20)9-19-6-3-4-13-12(8-19)5-7-21-13/h5,7H,3-4,6,8-9H2,1-2H3,(H,16,20)(H,17,18). The van der Waals surface area contributed by atoms with E-state index in [4.69, 9.17) is 4.42 Å². The lowest BCUT2D eigenvalue weighted by atomic mass is 10.2. The molecule has 6 nitrogen and oxygen atoms in total. The van der Waals surface area contributed by atoms with Gasteiger partial charge in [-0.15, -0.1) is 0 Å². The summed E-state index contributed by atoms with van der Waals surface area (Å²) in [5.41, 5.74) is 3.68. The van der Waals surface area contributed by atoms with Gasteiger partial charge in [0, 0.05) is 18.5 Å². The van der Waals surface area contributed by atoms with Gasteiger partial charge in [0.15, 0.2) is 0 Å². The lowest BCUT2D eigenvalue weighted by Crippen LogP contribution is -2.33. The molecule has 0 radical (unpaired) electrons. The van der Waals surface area contributed by atoms with Gasteiger partial charge in [-0.2, -0.15) is 5.10 Å². The number of nitrogens with zero attached hydrogens (tertiary/aromatic N) is 2. The van der Waals surface area contributed by atoms with Crippen LogP contribution in [0.4, 0.5) is 5.69 Å². The third-order valence-electron chi connectivity index (χ3n) is 3.87. The Morgan fingerprint density at radius 2 is 2.38 bits per heavy atom. The molecule has 1 amide bonds. The Bertz CT molecular complexity index is 624. The van der Waals surface area contributed by atoms with Crippen molar-refractivity contribution in [3.63, 3.8) is 0 Å². The highest BCUT2D eigenvalue weighted by Crippen LogP contribution is 2.20. The zero-order chi connectivity index (χ0) is 14.8. The Labute approximate surface area is 123 Å². The summed E-state index contributed by atoms with van der Waals surface area (Å²) in [6.45, 7) is 5.83. The molecule has 0 saturated carbocycles. The average molecular weight is 288 g/mol. The predicted octanol–water partition coefficient (Wildman–Crippen LogP) is 2.01. The van der Waals surface area contributed by atoms with Gasteiger partial charge >= 0.3 is 0 Å². The molecule has 0 unspecified atom stereocenters. The van der Waals surface area contributed by atoms with E-state index < -0.39 is 0 Å². The van der Waals surface area contributed by atoms with Crippen molar-refractivity contribution in [2.75, 3.05) is 18.4 Å². The van der Waals surface area contributed by atoms with Crippen LogP contribution in [0.3, 0.4) is 0 Å². The molecule has 0 bridgehead atoms. The number of aromatic amines is 1. The molecule has 3 heterocycles. The number of fused-ring (bicyclic) bond motifs is 1. The number of aromatic nitrogens is 2. The van der Waals surface area contributed by atoms with Crippen molar-refractivity contribution < 1.29 is 9.21 Å². The second-order valence-corrected chi connectivity index (χ2v) is 5.54. The molecule has 0 aromatic carbocycles. The molecule has 0 fully saturated rings. The Kier molecular flexibility index (Phi) is 3.79. The van der Waals surface area contributed by atoms with Crippen molar-refractivity contribution in [3.05, 3.63) is 35.0 Å². The van der Waals surface area contributed by atoms with Gasteiger partial charge in [0.25, 0.3) is 0 Å². The highest BCUT2D eigenvalue weighted by molar-refractivity contribution is 5.93. The predicted molar refractivity (Wildman–Crippen MR) is 79.0 cm³/mol. The summed E-state index contributed by atoms with van der Waals surface area (Å²) in [5, 5.41) is 9.91. The van der Waals surface area contributed by atoms with E-state index in [0.29, 0.717) is 6.54 Å². The van der Waals surface area contributed by atoms with Gasteiger partial charge in [0.05, 0.1) is 29.9 Å². The number of nitrogens with one attached hydrogen (secondary N) is 2. The van der Waals surface area contributed by atoms with Crippen LogP contribution in [0, 0.1) is 13.8 Å². The van der Waals surface area contributed by atoms with E-state index >= 15 is 0 Å². The van der Waals surface area contributed by atoms with Gasteiger partial charge < -0.3 is 9.73 Å². The van der Waals surface area contributed by atoms with Crippen LogP contribution < -0.4 is 5.32 Å². The van der Waals surface area contributed by atoms with Crippen LogP contribution >= 0.6 is 0 Å². The molecule has 2 aromatic heterocycles. The quantitative estimate of drug-likeness (QED) is 0.906. The lowest BCUT2D eigenvalue weighted by Gasteiger charge is -2.19. The normalized spacial score (nSPS) is 15.5. The maximum atomic E-state index is 12.2. The number of carbonyl (C=O) groups excluding carboxylic acids is 1.